The number of nitrogens with zero attached hydrogens (tertiary/aromatic N) is 1. The second-order valence-electron chi connectivity index (χ2n) is 5.95. The highest BCUT2D eigenvalue weighted by Gasteiger charge is 2.13. The third-order valence-electron chi connectivity index (χ3n) is 3.23. The fourth-order valence-corrected chi connectivity index (χ4v) is 2.02. The number of hydrogen-bond acceptors (Lipinski definition) is 2. The van der Waals surface area contributed by atoms with Crippen molar-refractivity contribution in [2.75, 3.05) is 0 Å². The van der Waals surface area contributed by atoms with Gasteiger partial charge < -0.3 is 5.11 Å². The van der Waals surface area contributed by atoms with E-state index >= 15 is 0 Å². The Morgan fingerprint density at radius 1 is 1.10 bits per heavy atom. The molecule has 0 unspecified atom stereocenters. The van der Waals surface area contributed by atoms with Crippen molar-refractivity contribution >= 4 is 5.97 Å². The number of carbonyl (C=O) groups is 1. The molecular formula is C17H19NO2. The van der Waals surface area contributed by atoms with Gasteiger partial charge in [-0.15, -0.1) is 0 Å². The van der Waals surface area contributed by atoms with Crippen LogP contribution in [0.3, 0.4) is 0 Å². The first-order valence-corrected chi connectivity index (χ1v) is 6.64. The van der Waals surface area contributed by atoms with Crippen molar-refractivity contribution in [1.29, 1.82) is 0 Å². The van der Waals surface area contributed by atoms with Gasteiger partial charge in [0.05, 0.1) is 12.1 Å². The molecule has 0 amide bonds. The van der Waals surface area contributed by atoms with E-state index in [1.54, 1.807) is 6.20 Å². The molecule has 3 nitrogen and oxygen atoms in total. The van der Waals surface area contributed by atoms with Gasteiger partial charge in [0.15, 0.2) is 0 Å². The molecule has 0 radical (unpaired) electrons. The van der Waals surface area contributed by atoms with E-state index in [9.17, 15) is 4.79 Å². The molecule has 0 aliphatic rings. The predicted molar refractivity (Wildman–Crippen MR) is 79.7 cm³/mol. The number of carboxylic acids is 1. The summed E-state index contributed by atoms with van der Waals surface area (Å²) in [6.07, 6.45) is 1.64. The maximum atomic E-state index is 10.6. The largest absolute Gasteiger partial charge is 0.481 e. The first kappa shape index (κ1) is 14.3. The average Bonchev–Trinajstić information content (AvgIpc) is 2.38. The van der Waals surface area contributed by atoms with Gasteiger partial charge in [-0.25, -0.2) is 0 Å². The first-order valence-electron chi connectivity index (χ1n) is 6.64. The minimum absolute atomic E-state index is 0.0102. The van der Waals surface area contributed by atoms with Crippen LogP contribution in [-0.4, -0.2) is 16.1 Å². The van der Waals surface area contributed by atoms with E-state index in [4.69, 9.17) is 5.11 Å². The van der Waals surface area contributed by atoms with Gasteiger partial charge in [0, 0.05) is 11.8 Å². The monoisotopic (exact) mass is 269 g/mol. The molecule has 104 valence electrons. The van der Waals surface area contributed by atoms with Gasteiger partial charge in [-0.2, -0.15) is 0 Å². The van der Waals surface area contributed by atoms with Crippen molar-refractivity contribution in [1.82, 2.24) is 4.98 Å². The number of benzene rings is 1. The molecule has 1 N–H and O–H groups in total. The third-order valence-corrected chi connectivity index (χ3v) is 3.23. The van der Waals surface area contributed by atoms with Crippen LogP contribution < -0.4 is 0 Å². The van der Waals surface area contributed by atoms with Crippen molar-refractivity contribution in [3.63, 3.8) is 0 Å². The van der Waals surface area contributed by atoms with Crippen molar-refractivity contribution in [2.24, 2.45) is 0 Å². The SMILES string of the molecule is CC(C)(C)c1ccc(-c2ccc(CC(=O)O)cn2)cc1. The zero-order valence-electron chi connectivity index (χ0n) is 12.1. The number of aromatic nitrogens is 1. The maximum Gasteiger partial charge on any atom is 0.307 e. The van der Waals surface area contributed by atoms with E-state index in [-0.39, 0.29) is 11.8 Å². The second-order valence-corrected chi connectivity index (χ2v) is 5.95. The molecule has 1 aromatic heterocycles. The summed E-state index contributed by atoms with van der Waals surface area (Å²) in [5.41, 5.74) is 4.04. The Labute approximate surface area is 119 Å². The van der Waals surface area contributed by atoms with Gasteiger partial charge >= 0.3 is 5.97 Å². The van der Waals surface area contributed by atoms with Crippen molar-refractivity contribution < 1.29 is 9.90 Å². The molecule has 0 saturated carbocycles. The number of hydrogen-bond donors (Lipinski definition) is 1. The third kappa shape index (κ3) is 3.44. The van der Waals surface area contributed by atoms with Crippen LogP contribution in [0.4, 0.5) is 0 Å². The van der Waals surface area contributed by atoms with E-state index in [0.29, 0.717) is 5.56 Å². The molecule has 0 fully saturated rings. The summed E-state index contributed by atoms with van der Waals surface area (Å²) in [5, 5.41) is 8.73. The van der Waals surface area contributed by atoms with Crippen LogP contribution in [0.1, 0.15) is 31.9 Å². The molecule has 3 heteroatoms. The summed E-state index contributed by atoms with van der Waals surface area (Å²) in [7, 11) is 0. The van der Waals surface area contributed by atoms with E-state index in [1.807, 2.05) is 12.1 Å². The lowest BCUT2D eigenvalue weighted by atomic mass is 9.86. The highest BCUT2D eigenvalue weighted by molar-refractivity contribution is 5.70. The molecule has 2 aromatic rings. The van der Waals surface area contributed by atoms with E-state index in [0.717, 1.165) is 11.3 Å². The molecule has 1 heterocycles. The molecule has 0 spiro atoms. The lowest BCUT2D eigenvalue weighted by Gasteiger charge is -2.19. The zero-order chi connectivity index (χ0) is 14.8. The molecule has 0 saturated heterocycles. The predicted octanol–water partition coefficient (Wildman–Crippen LogP) is 3.67. The second kappa shape index (κ2) is 5.45. The van der Waals surface area contributed by atoms with Crippen LogP contribution >= 0.6 is 0 Å². The van der Waals surface area contributed by atoms with Crippen molar-refractivity contribution in [3.05, 3.63) is 53.7 Å². The van der Waals surface area contributed by atoms with Crippen LogP contribution in [0.2, 0.25) is 0 Å². The first-order chi connectivity index (χ1) is 9.36. The van der Waals surface area contributed by atoms with Crippen LogP contribution in [-0.2, 0) is 16.6 Å². The Kier molecular flexibility index (Phi) is 3.89. The van der Waals surface area contributed by atoms with Crippen molar-refractivity contribution in [2.45, 2.75) is 32.6 Å². The summed E-state index contributed by atoms with van der Waals surface area (Å²) in [6, 6.07) is 12.0. The Balaban J connectivity index is 2.21. The molecule has 2 rings (SSSR count). The quantitative estimate of drug-likeness (QED) is 0.924. The number of carboxylic acid groups (broad SMARTS) is 1. The average molecular weight is 269 g/mol. The van der Waals surface area contributed by atoms with Crippen LogP contribution in [0.15, 0.2) is 42.6 Å². The fourth-order valence-electron chi connectivity index (χ4n) is 2.02. The molecule has 0 bridgehead atoms. The fraction of sp³-hybridized carbons (Fsp3) is 0.294. The summed E-state index contributed by atoms with van der Waals surface area (Å²) in [5.74, 6) is -0.839. The minimum Gasteiger partial charge on any atom is -0.481 e. The van der Waals surface area contributed by atoms with Gasteiger partial charge in [-0.3, -0.25) is 9.78 Å². The normalized spacial score (nSPS) is 11.3. The Bertz CT molecular complexity index is 592. The molecular weight excluding hydrogens is 250 g/mol. The molecule has 0 aliphatic carbocycles. The van der Waals surface area contributed by atoms with Gasteiger partial charge in [0.25, 0.3) is 0 Å². The summed E-state index contributed by atoms with van der Waals surface area (Å²) in [4.78, 5) is 15.0. The maximum absolute atomic E-state index is 10.6. The standard InChI is InChI=1S/C17H19NO2/c1-17(2,3)14-7-5-13(6-8-14)15-9-4-12(11-18-15)10-16(19)20/h4-9,11H,10H2,1-3H3,(H,19,20). The number of aliphatic carboxylic acids is 1. The highest BCUT2D eigenvalue weighted by atomic mass is 16.4. The summed E-state index contributed by atoms with van der Waals surface area (Å²) < 4.78 is 0. The lowest BCUT2D eigenvalue weighted by Crippen LogP contribution is -2.10. The molecule has 0 aliphatic heterocycles. The minimum atomic E-state index is -0.839. The Morgan fingerprint density at radius 2 is 1.75 bits per heavy atom. The number of rotatable bonds is 3. The van der Waals surface area contributed by atoms with E-state index in [2.05, 4.69) is 50.0 Å². The summed E-state index contributed by atoms with van der Waals surface area (Å²) >= 11 is 0. The smallest absolute Gasteiger partial charge is 0.307 e. The van der Waals surface area contributed by atoms with Crippen LogP contribution in [0.25, 0.3) is 11.3 Å². The van der Waals surface area contributed by atoms with E-state index < -0.39 is 5.97 Å². The Morgan fingerprint density at radius 3 is 2.20 bits per heavy atom. The van der Waals surface area contributed by atoms with Gasteiger partial charge in [0.2, 0.25) is 0 Å². The van der Waals surface area contributed by atoms with Crippen molar-refractivity contribution in [3.8, 4) is 11.3 Å². The van der Waals surface area contributed by atoms with Crippen LogP contribution in [0, 0.1) is 0 Å². The molecule has 20 heavy (non-hydrogen) atoms. The zero-order valence-corrected chi connectivity index (χ0v) is 12.1. The van der Waals surface area contributed by atoms with Crippen LogP contribution in [0.5, 0.6) is 0 Å². The molecule has 1 aromatic carbocycles. The van der Waals surface area contributed by atoms with Gasteiger partial charge in [-0.05, 0) is 22.6 Å². The number of pyridine rings is 1. The summed E-state index contributed by atoms with van der Waals surface area (Å²) in [6.45, 7) is 6.54. The van der Waals surface area contributed by atoms with Gasteiger partial charge in [-0.1, -0.05) is 51.1 Å². The van der Waals surface area contributed by atoms with E-state index in [1.165, 1.54) is 5.56 Å². The Hall–Kier alpha value is -2.16. The highest BCUT2D eigenvalue weighted by Crippen LogP contribution is 2.25. The molecule has 0 atom stereocenters. The van der Waals surface area contributed by atoms with Gasteiger partial charge in [0.1, 0.15) is 0 Å². The lowest BCUT2D eigenvalue weighted by molar-refractivity contribution is -0.136. The topological polar surface area (TPSA) is 50.2 Å².